The molecule has 1 aliphatic carbocycles. The second kappa shape index (κ2) is 4.10. The molecule has 0 aliphatic heterocycles. The third-order valence-electron chi connectivity index (χ3n) is 3.08. The van der Waals surface area contributed by atoms with Crippen LogP contribution in [-0.4, -0.2) is 27.1 Å². The van der Waals surface area contributed by atoms with Crippen LogP contribution in [0.25, 0.3) is 0 Å². The van der Waals surface area contributed by atoms with Gasteiger partial charge in [0.2, 0.25) is 0 Å². The molecule has 1 saturated carbocycles. The molecule has 2 rings (SSSR count). The standard InChI is InChI=1S/C10H16N4OS/c1-5-4-7(5)14-9(6(2)15-3)8(10(11)16)12-13-14/h5-7H,4H2,1-3H3,(H2,11,16). The van der Waals surface area contributed by atoms with Gasteiger partial charge in [0, 0.05) is 7.11 Å². The van der Waals surface area contributed by atoms with Gasteiger partial charge in [0.05, 0.1) is 17.8 Å². The van der Waals surface area contributed by atoms with Crippen LogP contribution in [0.2, 0.25) is 0 Å². The Morgan fingerprint density at radius 3 is 2.75 bits per heavy atom. The number of ether oxygens (including phenoxy) is 1. The number of nitrogens with two attached hydrogens (primary N) is 1. The van der Waals surface area contributed by atoms with E-state index in [0.29, 0.717) is 17.7 Å². The van der Waals surface area contributed by atoms with E-state index < -0.39 is 0 Å². The van der Waals surface area contributed by atoms with Crippen molar-refractivity contribution in [2.75, 3.05) is 7.11 Å². The quantitative estimate of drug-likeness (QED) is 0.801. The molecule has 1 aromatic heterocycles. The van der Waals surface area contributed by atoms with Gasteiger partial charge >= 0.3 is 0 Å². The van der Waals surface area contributed by atoms with Gasteiger partial charge in [-0.2, -0.15) is 0 Å². The van der Waals surface area contributed by atoms with Crippen LogP contribution in [0.1, 0.15) is 43.8 Å². The van der Waals surface area contributed by atoms with E-state index in [0.717, 1.165) is 12.1 Å². The number of methoxy groups -OCH3 is 1. The van der Waals surface area contributed by atoms with Crippen molar-refractivity contribution in [2.45, 2.75) is 32.4 Å². The van der Waals surface area contributed by atoms with Gasteiger partial charge < -0.3 is 10.5 Å². The zero-order valence-corrected chi connectivity index (χ0v) is 10.5. The molecule has 5 nitrogen and oxygen atoms in total. The third-order valence-corrected chi connectivity index (χ3v) is 3.28. The first-order chi connectivity index (χ1) is 7.56. The predicted molar refractivity (Wildman–Crippen MR) is 64.2 cm³/mol. The van der Waals surface area contributed by atoms with Crippen LogP contribution in [0.5, 0.6) is 0 Å². The fourth-order valence-electron chi connectivity index (χ4n) is 1.85. The molecule has 0 saturated heterocycles. The minimum absolute atomic E-state index is 0.0979. The number of hydrogen-bond acceptors (Lipinski definition) is 4. The Labute approximate surface area is 100.0 Å². The van der Waals surface area contributed by atoms with Crippen molar-refractivity contribution in [1.29, 1.82) is 0 Å². The van der Waals surface area contributed by atoms with E-state index in [9.17, 15) is 0 Å². The molecule has 1 heterocycles. The lowest BCUT2D eigenvalue weighted by Crippen LogP contribution is -2.16. The summed E-state index contributed by atoms with van der Waals surface area (Å²) in [6.07, 6.45) is 1.03. The molecule has 6 heteroatoms. The molecule has 88 valence electrons. The van der Waals surface area contributed by atoms with Crippen LogP contribution in [-0.2, 0) is 4.74 Å². The summed E-state index contributed by atoms with van der Waals surface area (Å²) >= 11 is 4.97. The molecule has 2 N–H and O–H groups in total. The Bertz CT molecular complexity index is 417. The van der Waals surface area contributed by atoms with E-state index in [-0.39, 0.29) is 11.1 Å². The van der Waals surface area contributed by atoms with Crippen LogP contribution in [0.15, 0.2) is 0 Å². The SMILES string of the molecule is COC(C)c1c(C(N)=S)nnn1C1CC1C. The lowest BCUT2D eigenvalue weighted by molar-refractivity contribution is 0.111. The summed E-state index contributed by atoms with van der Waals surface area (Å²) < 4.78 is 7.23. The zero-order chi connectivity index (χ0) is 11.9. The highest BCUT2D eigenvalue weighted by atomic mass is 32.1. The van der Waals surface area contributed by atoms with Crippen molar-refractivity contribution in [1.82, 2.24) is 15.0 Å². The molecule has 1 aromatic rings. The Hall–Kier alpha value is -1.01. The highest BCUT2D eigenvalue weighted by molar-refractivity contribution is 7.80. The van der Waals surface area contributed by atoms with E-state index in [2.05, 4.69) is 17.2 Å². The molecule has 0 aromatic carbocycles. The second-order valence-corrected chi connectivity index (χ2v) is 4.73. The Morgan fingerprint density at radius 2 is 2.31 bits per heavy atom. The van der Waals surface area contributed by atoms with Crippen molar-refractivity contribution in [3.8, 4) is 0 Å². The van der Waals surface area contributed by atoms with Crippen LogP contribution in [0.4, 0.5) is 0 Å². The number of nitrogens with zero attached hydrogens (tertiary/aromatic N) is 3. The molecule has 0 spiro atoms. The Balaban J connectivity index is 2.41. The van der Waals surface area contributed by atoms with Gasteiger partial charge in [-0.05, 0) is 19.3 Å². The summed E-state index contributed by atoms with van der Waals surface area (Å²) in [5.74, 6) is 0.642. The molecule has 16 heavy (non-hydrogen) atoms. The molecule has 0 bridgehead atoms. The first-order valence-electron chi connectivity index (χ1n) is 5.34. The fraction of sp³-hybridized carbons (Fsp3) is 0.700. The topological polar surface area (TPSA) is 66.0 Å². The largest absolute Gasteiger partial charge is 0.388 e. The maximum absolute atomic E-state index is 5.64. The highest BCUT2D eigenvalue weighted by Crippen LogP contribution is 2.43. The summed E-state index contributed by atoms with van der Waals surface area (Å²) in [5.41, 5.74) is 7.12. The van der Waals surface area contributed by atoms with Gasteiger partial charge in [0.15, 0.2) is 0 Å². The molecular weight excluding hydrogens is 224 g/mol. The number of thiocarbonyl (C=S) groups is 1. The Kier molecular flexibility index (Phi) is 2.94. The highest BCUT2D eigenvalue weighted by Gasteiger charge is 2.38. The summed E-state index contributed by atoms with van der Waals surface area (Å²) in [6, 6.07) is 0.420. The molecule has 1 aliphatic rings. The van der Waals surface area contributed by atoms with Crippen molar-refractivity contribution in [3.63, 3.8) is 0 Å². The maximum Gasteiger partial charge on any atom is 0.145 e. The zero-order valence-electron chi connectivity index (χ0n) is 9.67. The van der Waals surface area contributed by atoms with E-state index in [4.69, 9.17) is 22.7 Å². The maximum atomic E-state index is 5.64. The average molecular weight is 240 g/mol. The molecule has 3 atom stereocenters. The molecule has 0 amide bonds. The van der Waals surface area contributed by atoms with Crippen molar-refractivity contribution in [2.24, 2.45) is 11.7 Å². The van der Waals surface area contributed by atoms with Gasteiger partial charge in [-0.15, -0.1) is 5.10 Å². The van der Waals surface area contributed by atoms with E-state index in [1.54, 1.807) is 7.11 Å². The summed E-state index contributed by atoms with van der Waals surface area (Å²) in [7, 11) is 1.65. The fourth-order valence-corrected chi connectivity index (χ4v) is 2.00. The smallest absolute Gasteiger partial charge is 0.145 e. The lowest BCUT2D eigenvalue weighted by Gasteiger charge is -2.13. The molecule has 0 radical (unpaired) electrons. The predicted octanol–water partition coefficient (Wildman–Crippen LogP) is 1.20. The first-order valence-corrected chi connectivity index (χ1v) is 5.74. The minimum atomic E-state index is -0.0979. The second-order valence-electron chi connectivity index (χ2n) is 4.29. The van der Waals surface area contributed by atoms with Crippen molar-refractivity contribution >= 4 is 17.2 Å². The summed E-state index contributed by atoms with van der Waals surface area (Å²) in [4.78, 5) is 0.276. The van der Waals surface area contributed by atoms with E-state index >= 15 is 0 Å². The van der Waals surface area contributed by atoms with E-state index in [1.807, 2.05) is 11.6 Å². The normalized spacial score (nSPS) is 25.4. The van der Waals surface area contributed by atoms with E-state index in [1.165, 1.54) is 0 Å². The van der Waals surface area contributed by atoms with Crippen molar-refractivity contribution in [3.05, 3.63) is 11.4 Å². The third kappa shape index (κ3) is 1.82. The van der Waals surface area contributed by atoms with Crippen molar-refractivity contribution < 1.29 is 4.74 Å². The van der Waals surface area contributed by atoms with Crippen LogP contribution < -0.4 is 5.73 Å². The minimum Gasteiger partial charge on any atom is -0.388 e. The van der Waals surface area contributed by atoms with Gasteiger partial charge in [0.1, 0.15) is 10.7 Å². The van der Waals surface area contributed by atoms with Gasteiger partial charge in [-0.1, -0.05) is 24.4 Å². The Morgan fingerprint density at radius 1 is 1.69 bits per heavy atom. The van der Waals surface area contributed by atoms with Gasteiger partial charge in [-0.25, -0.2) is 4.68 Å². The first kappa shape index (κ1) is 11.5. The van der Waals surface area contributed by atoms with Gasteiger partial charge in [-0.3, -0.25) is 0 Å². The monoisotopic (exact) mass is 240 g/mol. The molecule has 3 unspecified atom stereocenters. The summed E-state index contributed by atoms with van der Waals surface area (Å²) in [5, 5.41) is 8.19. The molecular formula is C10H16N4OS. The number of aromatic nitrogens is 3. The molecule has 1 fully saturated rings. The number of rotatable bonds is 4. The number of hydrogen-bond donors (Lipinski definition) is 1. The van der Waals surface area contributed by atoms with Crippen LogP contribution in [0, 0.1) is 5.92 Å². The lowest BCUT2D eigenvalue weighted by atomic mass is 10.2. The summed E-state index contributed by atoms with van der Waals surface area (Å²) in [6.45, 7) is 4.14. The average Bonchev–Trinajstić information content (AvgIpc) is 2.81. The van der Waals surface area contributed by atoms with Crippen LogP contribution in [0.3, 0.4) is 0 Å². The van der Waals surface area contributed by atoms with Crippen LogP contribution >= 0.6 is 12.2 Å². The van der Waals surface area contributed by atoms with Gasteiger partial charge in [0.25, 0.3) is 0 Å².